The van der Waals surface area contributed by atoms with Crippen LogP contribution in [0.15, 0.2) is 78.9 Å². The van der Waals surface area contributed by atoms with Crippen molar-refractivity contribution in [3.63, 3.8) is 0 Å². The zero-order valence-electron chi connectivity index (χ0n) is 17.8. The number of carbonyl (C=O) groups is 2. The Hall–Kier alpha value is -4.06. The van der Waals surface area contributed by atoms with Crippen molar-refractivity contribution in [2.75, 3.05) is 11.9 Å². The van der Waals surface area contributed by atoms with E-state index in [-0.39, 0.29) is 5.56 Å². The first-order valence-electron chi connectivity index (χ1n) is 10.3. The first kappa shape index (κ1) is 22.6. The molecule has 0 spiro atoms. The lowest BCUT2D eigenvalue weighted by atomic mass is 10.1. The molecule has 6 nitrogen and oxygen atoms in total. The van der Waals surface area contributed by atoms with E-state index in [2.05, 4.69) is 5.32 Å². The second-order valence-corrected chi connectivity index (χ2v) is 7.03. The van der Waals surface area contributed by atoms with E-state index in [0.29, 0.717) is 24.7 Å². The number of carboxylic acids is 1. The van der Waals surface area contributed by atoms with Gasteiger partial charge in [-0.15, -0.1) is 0 Å². The Balaban J connectivity index is 1.61. The van der Waals surface area contributed by atoms with Crippen LogP contribution in [-0.4, -0.2) is 23.6 Å². The average molecular weight is 431 g/mol. The van der Waals surface area contributed by atoms with Crippen LogP contribution in [0.3, 0.4) is 0 Å². The molecule has 3 aromatic rings. The number of anilines is 1. The number of benzene rings is 3. The molecule has 0 saturated carbocycles. The summed E-state index contributed by atoms with van der Waals surface area (Å²) in [6, 6.07) is 21.7. The molecule has 0 aromatic heterocycles. The molecule has 0 atom stereocenters. The van der Waals surface area contributed by atoms with Crippen LogP contribution in [0.4, 0.5) is 5.69 Å². The van der Waals surface area contributed by atoms with Crippen LogP contribution in [0.5, 0.6) is 11.5 Å². The molecule has 0 unspecified atom stereocenters. The third kappa shape index (κ3) is 6.74. The number of nitrogens with one attached hydrogen (secondary N) is 1. The predicted molar refractivity (Wildman–Crippen MR) is 124 cm³/mol. The molecule has 0 saturated heterocycles. The smallest absolute Gasteiger partial charge is 0.335 e. The Bertz CT molecular complexity index is 1080. The van der Waals surface area contributed by atoms with E-state index in [9.17, 15) is 14.7 Å². The zero-order valence-corrected chi connectivity index (χ0v) is 17.8. The molecule has 2 N–H and O–H groups in total. The number of hydrogen-bond acceptors (Lipinski definition) is 4. The molecule has 0 fully saturated rings. The molecule has 0 bridgehead atoms. The van der Waals surface area contributed by atoms with E-state index >= 15 is 0 Å². The van der Waals surface area contributed by atoms with Gasteiger partial charge in [0.15, 0.2) is 0 Å². The fourth-order valence-corrected chi connectivity index (χ4v) is 2.86. The van der Waals surface area contributed by atoms with Crippen molar-refractivity contribution in [3.8, 4) is 11.5 Å². The third-order valence-corrected chi connectivity index (χ3v) is 4.50. The Morgan fingerprint density at radius 2 is 1.72 bits per heavy atom. The standard InChI is InChI=1S/C26H25NO5/c1-2-16-31-24-14-11-21(26(29)30)17-23(24)27-25(28)15-10-19-8-12-22(13-9-19)32-18-20-6-4-3-5-7-20/h3-15,17H,2,16,18H2,1H3,(H,27,28)(H,29,30)/b15-10+. The molecular weight excluding hydrogens is 406 g/mol. The van der Waals surface area contributed by atoms with E-state index < -0.39 is 11.9 Å². The average Bonchev–Trinajstić information content (AvgIpc) is 2.82. The Morgan fingerprint density at radius 3 is 2.41 bits per heavy atom. The first-order valence-corrected chi connectivity index (χ1v) is 10.3. The Labute approximate surface area is 187 Å². The zero-order chi connectivity index (χ0) is 22.8. The summed E-state index contributed by atoms with van der Waals surface area (Å²) in [7, 11) is 0. The van der Waals surface area contributed by atoms with Crippen LogP contribution in [-0.2, 0) is 11.4 Å². The van der Waals surface area contributed by atoms with Gasteiger partial charge in [0.25, 0.3) is 0 Å². The lowest BCUT2D eigenvalue weighted by Gasteiger charge is -2.12. The SMILES string of the molecule is CCCOc1ccc(C(=O)O)cc1NC(=O)/C=C/c1ccc(OCc2ccccc2)cc1. The largest absolute Gasteiger partial charge is 0.491 e. The number of carbonyl (C=O) groups excluding carboxylic acids is 1. The van der Waals surface area contributed by atoms with E-state index in [1.54, 1.807) is 12.1 Å². The fourth-order valence-electron chi connectivity index (χ4n) is 2.86. The molecule has 0 radical (unpaired) electrons. The maximum Gasteiger partial charge on any atom is 0.335 e. The van der Waals surface area contributed by atoms with Gasteiger partial charge in [-0.3, -0.25) is 4.79 Å². The number of rotatable bonds is 10. The topological polar surface area (TPSA) is 84.9 Å². The van der Waals surface area contributed by atoms with Crippen molar-refractivity contribution >= 4 is 23.6 Å². The summed E-state index contributed by atoms with van der Waals surface area (Å²) in [5.41, 5.74) is 2.30. The van der Waals surface area contributed by atoms with Crippen LogP contribution >= 0.6 is 0 Å². The van der Waals surface area contributed by atoms with Crippen LogP contribution in [0.2, 0.25) is 0 Å². The highest BCUT2D eigenvalue weighted by atomic mass is 16.5. The van der Waals surface area contributed by atoms with Gasteiger partial charge in [-0.2, -0.15) is 0 Å². The lowest BCUT2D eigenvalue weighted by molar-refractivity contribution is -0.111. The maximum atomic E-state index is 12.4. The van der Waals surface area contributed by atoms with Gasteiger partial charge in [0.05, 0.1) is 17.9 Å². The number of carboxylic acid groups (broad SMARTS) is 1. The van der Waals surface area contributed by atoms with Gasteiger partial charge in [0.2, 0.25) is 5.91 Å². The van der Waals surface area contributed by atoms with Gasteiger partial charge in [-0.1, -0.05) is 49.4 Å². The highest BCUT2D eigenvalue weighted by Gasteiger charge is 2.11. The van der Waals surface area contributed by atoms with Gasteiger partial charge in [-0.05, 0) is 54.0 Å². The molecule has 0 aliphatic carbocycles. The minimum absolute atomic E-state index is 0.0687. The molecule has 6 heteroatoms. The summed E-state index contributed by atoms with van der Waals surface area (Å²) in [5.74, 6) is -0.303. The minimum Gasteiger partial charge on any atom is -0.491 e. The number of amides is 1. The summed E-state index contributed by atoms with van der Waals surface area (Å²) in [6.07, 6.45) is 3.85. The Morgan fingerprint density at radius 1 is 0.969 bits per heavy atom. The summed E-state index contributed by atoms with van der Waals surface area (Å²) >= 11 is 0. The highest BCUT2D eigenvalue weighted by Crippen LogP contribution is 2.26. The van der Waals surface area contributed by atoms with Gasteiger partial charge in [0.1, 0.15) is 18.1 Å². The quantitative estimate of drug-likeness (QED) is 0.420. The number of hydrogen-bond donors (Lipinski definition) is 2. The second kappa shape index (κ2) is 11.4. The summed E-state index contributed by atoms with van der Waals surface area (Å²) in [4.78, 5) is 23.6. The van der Waals surface area contributed by atoms with Crippen molar-refractivity contribution in [1.82, 2.24) is 0 Å². The minimum atomic E-state index is -1.08. The van der Waals surface area contributed by atoms with Gasteiger partial charge in [0, 0.05) is 6.08 Å². The molecule has 3 rings (SSSR count). The fraction of sp³-hybridized carbons (Fsp3) is 0.154. The normalized spacial score (nSPS) is 10.7. The number of ether oxygens (including phenoxy) is 2. The molecule has 164 valence electrons. The lowest BCUT2D eigenvalue weighted by Crippen LogP contribution is -2.11. The monoisotopic (exact) mass is 431 g/mol. The molecule has 0 aliphatic rings. The molecule has 1 amide bonds. The maximum absolute atomic E-state index is 12.4. The van der Waals surface area contributed by atoms with Crippen molar-refractivity contribution in [2.24, 2.45) is 0 Å². The molecular formula is C26H25NO5. The Kier molecular flexibility index (Phi) is 8.03. The molecule has 32 heavy (non-hydrogen) atoms. The predicted octanol–water partition coefficient (Wildman–Crippen LogP) is 5.40. The third-order valence-electron chi connectivity index (χ3n) is 4.50. The van der Waals surface area contributed by atoms with Crippen LogP contribution in [0, 0.1) is 0 Å². The molecule has 3 aromatic carbocycles. The van der Waals surface area contributed by atoms with Gasteiger partial charge < -0.3 is 19.9 Å². The first-order chi connectivity index (χ1) is 15.5. The van der Waals surface area contributed by atoms with E-state index in [4.69, 9.17) is 9.47 Å². The van der Waals surface area contributed by atoms with Crippen molar-refractivity contribution in [3.05, 3.63) is 95.6 Å². The van der Waals surface area contributed by atoms with E-state index in [0.717, 1.165) is 23.3 Å². The van der Waals surface area contributed by atoms with Gasteiger partial charge in [-0.25, -0.2) is 4.79 Å². The van der Waals surface area contributed by atoms with Gasteiger partial charge >= 0.3 is 5.97 Å². The van der Waals surface area contributed by atoms with Crippen LogP contribution in [0.25, 0.3) is 6.08 Å². The molecule has 0 aliphatic heterocycles. The van der Waals surface area contributed by atoms with Crippen molar-refractivity contribution < 1.29 is 24.2 Å². The van der Waals surface area contributed by atoms with Crippen LogP contribution in [0.1, 0.15) is 34.8 Å². The van der Waals surface area contributed by atoms with Crippen molar-refractivity contribution in [1.29, 1.82) is 0 Å². The molecule has 0 heterocycles. The summed E-state index contributed by atoms with van der Waals surface area (Å²) in [6.45, 7) is 2.91. The van der Waals surface area contributed by atoms with E-state index in [1.807, 2.05) is 61.5 Å². The second-order valence-electron chi connectivity index (χ2n) is 7.03. The summed E-state index contributed by atoms with van der Waals surface area (Å²) in [5, 5.41) is 11.9. The highest BCUT2D eigenvalue weighted by molar-refractivity contribution is 6.03. The van der Waals surface area contributed by atoms with Crippen LogP contribution < -0.4 is 14.8 Å². The summed E-state index contributed by atoms with van der Waals surface area (Å²) < 4.78 is 11.4. The van der Waals surface area contributed by atoms with E-state index in [1.165, 1.54) is 18.2 Å². The van der Waals surface area contributed by atoms with Crippen molar-refractivity contribution in [2.45, 2.75) is 20.0 Å². The number of aromatic carboxylic acids is 1.